The van der Waals surface area contributed by atoms with E-state index >= 15 is 0 Å². The number of hydrogen-bond acceptors (Lipinski definition) is 3. The number of anilines is 1. The number of rotatable bonds is 3. The summed E-state index contributed by atoms with van der Waals surface area (Å²) >= 11 is 5.87. The molecular weight excluding hydrogens is 252 g/mol. The lowest BCUT2D eigenvalue weighted by atomic mass is 10.2. The summed E-state index contributed by atoms with van der Waals surface area (Å²) in [7, 11) is 0. The highest BCUT2D eigenvalue weighted by Gasteiger charge is 2.13. The predicted molar refractivity (Wildman–Crippen MR) is 69.8 cm³/mol. The summed E-state index contributed by atoms with van der Waals surface area (Å²) in [5.41, 5.74) is 0.343. The van der Waals surface area contributed by atoms with Crippen LogP contribution in [-0.4, -0.2) is 20.7 Å². The Morgan fingerprint density at radius 1 is 1.39 bits per heavy atom. The Hall–Kier alpha value is -1.88. The summed E-state index contributed by atoms with van der Waals surface area (Å²) in [4.78, 5) is 15.9. The number of amides is 1. The van der Waals surface area contributed by atoms with E-state index in [9.17, 15) is 4.79 Å². The average molecular weight is 265 g/mol. The fourth-order valence-corrected chi connectivity index (χ4v) is 1.77. The van der Waals surface area contributed by atoms with E-state index in [4.69, 9.17) is 11.6 Å². The normalized spacial score (nSPS) is 10.7. The zero-order valence-electron chi connectivity index (χ0n) is 10.1. The van der Waals surface area contributed by atoms with Gasteiger partial charge in [-0.2, -0.15) is 5.10 Å². The molecule has 94 valence electrons. The first-order valence-electron chi connectivity index (χ1n) is 5.55. The fraction of sp³-hybridized carbons (Fsp3) is 0.250. The largest absolute Gasteiger partial charge is 0.307 e. The maximum absolute atomic E-state index is 12.0. The lowest BCUT2D eigenvalue weighted by Gasteiger charge is -2.11. The number of nitrogens with one attached hydrogen (secondary N) is 1. The van der Waals surface area contributed by atoms with Crippen molar-refractivity contribution in [3.05, 3.63) is 41.3 Å². The first-order valence-corrected chi connectivity index (χ1v) is 5.92. The lowest BCUT2D eigenvalue weighted by molar-refractivity contribution is 0.102. The summed E-state index contributed by atoms with van der Waals surface area (Å²) in [6.07, 6.45) is 3.18. The van der Waals surface area contributed by atoms with Gasteiger partial charge in [-0.25, -0.2) is 9.67 Å². The van der Waals surface area contributed by atoms with Gasteiger partial charge in [0.05, 0.1) is 11.8 Å². The number of carbonyl (C=O) groups is 1. The molecule has 0 spiro atoms. The van der Waals surface area contributed by atoms with Gasteiger partial charge in [0.15, 0.2) is 0 Å². The van der Waals surface area contributed by atoms with Gasteiger partial charge in [0.1, 0.15) is 11.0 Å². The highest BCUT2D eigenvalue weighted by molar-refractivity contribution is 6.33. The summed E-state index contributed by atoms with van der Waals surface area (Å²) in [6.45, 7) is 3.97. The minimum absolute atomic E-state index is 0.166. The molecule has 18 heavy (non-hydrogen) atoms. The van der Waals surface area contributed by atoms with Crippen molar-refractivity contribution < 1.29 is 4.79 Å². The van der Waals surface area contributed by atoms with E-state index in [1.54, 1.807) is 29.1 Å². The zero-order chi connectivity index (χ0) is 13.1. The lowest BCUT2D eigenvalue weighted by Crippen LogP contribution is -2.17. The van der Waals surface area contributed by atoms with Crippen molar-refractivity contribution in [3.63, 3.8) is 0 Å². The highest BCUT2D eigenvalue weighted by Crippen LogP contribution is 2.17. The van der Waals surface area contributed by atoms with Crippen LogP contribution in [0.1, 0.15) is 30.2 Å². The van der Waals surface area contributed by atoms with Crippen LogP contribution in [0.15, 0.2) is 30.6 Å². The second kappa shape index (κ2) is 5.18. The van der Waals surface area contributed by atoms with E-state index < -0.39 is 0 Å². The molecule has 2 heterocycles. The van der Waals surface area contributed by atoms with Gasteiger partial charge in [-0.15, -0.1) is 0 Å². The minimum atomic E-state index is -0.296. The van der Waals surface area contributed by atoms with Crippen LogP contribution in [0.5, 0.6) is 0 Å². The van der Waals surface area contributed by atoms with Gasteiger partial charge in [0, 0.05) is 18.3 Å². The van der Waals surface area contributed by atoms with Crippen LogP contribution < -0.4 is 5.32 Å². The second-order valence-electron chi connectivity index (χ2n) is 4.05. The SMILES string of the molecule is CC(C)n1nccc1NC(=O)c1cccnc1Cl. The van der Waals surface area contributed by atoms with Crippen LogP contribution in [0.2, 0.25) is 5.15 Å². The van der Waals surface area contributed by atoms with Crippen molar-refractivity contribution in [2.24, 2.45) is 0 Å². The van der Waals surface area contributed by atoms with Crippen molar-refractivity contribution in [1.82, 2.24) is 14.8 Å². The number of pyridine rings is 1. The van der Waals surface area contributed by atoms with Gasteiger partial charge in [0.25, 0.3) is 5.91 Å². The average Bonchev–Trinajstić information content (AvgIpc) is 2.77. The van der Waals surface area contributed by atoms with Crippen LogP contribution in [0.4, 0.5) is 5.82 Å². The molecule has 1 N–H and O–H groups in total. The molecule has 5 nitrogen and oxygen atoms in total. The molecule has 2 aromatic rings. The van der Waals surface area contributed by atoms with Crippen LogP contribution >= 0.6 is 11.6 Å². The quantitative estimate of drug-likeness (QED) is 0.867. The third-order valence-electron chi connectivity index (χ3n) is 2.40. The summed E-state index contributed by atoms with van der Waals surface area (Å²) in [6, 6.07) is 5.20. The van der Waals surface area contributed by atoms with E-state index in [0.717, 1.165) is 0 Å². The molecule has 0 aliphatic heterocycles. The molecule has 0 bridgehead atoms. The van der Waals surface area contributed by atoms with Crippen molar-refractivity contribution in [2.45, 2.75) is 19.9 Å². The van der Waals surface area contributed by atoms with Crippen LogP contribution in [0, 0.1) is 0 Å². The smallest absolute Gasteiger partial charge is 0.259 e. The molecule has 0 saturated heterocycles. The summed E-state index contributed by atoms with van der Waals surface area (Å²) < 4.78 is 1.72. The molecule has 2 aromatic heterocycles. The summed E-state index contributed by atoms with van der Waals surface area (Å²) in [5.74, 6) is 0.338. The Morgan fingerprint density at radius 2 is 2.17 bits per heavy atom. The third-order valence-corrected chi connectivity index (χ3v) is 2.71. The molecule has 1 amide bonds. The number of halogens is 1. The molecule has 0 aliphatic carbocycles. The highest BCUT2D eigenvalue weighted by atomic mass is 35.5. The first-order chi connectivity index (χ1) is 8.59. The van der Waals surface area contributed by atoms with Crippen LogP contribution in [-0.2, 0) is 0 Å². The van der Waals surface area contributed by atoms with Gasteiger partial charge in [-0.1, -0.05) is 11.6 Å². The number of aromatic nitrogens is 3. The van der Waals surface area contributed by atoms with Gasteiger partial charge in [-0.05, 0) is 26.0 Å². The maximum Gasteiger partial charge on any atom is 0.259 e. The van der Waals surface area contributed by atoms with Crippen molar-refractivity contribution in [2.75, 3.05) is 5.32 Å². The van der Waals surface area contributed by atoms with Gasteiger partial charge >= 0.3 is 0 Å². The topological polar surface area (TPSA) is 59.8 Å². The van der Waals surface area contributed by atoms with E-state index in [1.807, 2.05) is 13.8 Å². The molecule has 0 atom stereocenters. The van der Waals surface area contributed by atoms with E-state index in [2.05, 4.69) is 15.4 Å². The Kier molecular flexibility index (Phi) is 3.62. The molecule has 0 fully saturated rings. The number of carbonyl (C=O) groups excluding carboxylic acids is 1. The monoisotopic (exact) mass is 264 g/mol. The Bertz CT molecular complexity index is 565. The zero-order valence-corrected chi connectivity index (χ0v) is 10.8. The van der Waals surface area contributed by atoms with E-state index in [0.29, 0.717) is 11.4 Å². The van der Waals surface area contributed by atoms with Crippen LogP contribution in [0.3, 0.4) is 0 Å². The maximum atomic E-state index is 12.0. The minimum Gasteiger partial charge on any atom is -0.307 e. The van der Waals surface area contributed by atoms with Crippen LogP contribution in [0.25, 0.3) is 0 Å². The standard InChI is InChI=1S/C12H13ClN4O/c1-8(2)17-10(5-7-15-17)16-12(18)9-4-3-6-14-11(9)13/h3-8H,1-2H3,(H,16,18). The van der Waals surface area contributed by atoms with E-state index in [-0.39, 0.29) is 17.1 Å². The fourth-order valence-electron chi connectivity index (χ4n) is 1.56. The molecule has 0 aromatic carbocycles. The van der Waals surface area contributed by atoms with Crippen molar-refractivity contribution in [3.8, 4) is 0 Å². The molecular formula is C12H13ClN4O. The molecule has 2 rings (SSSR count). The third kappa shape index (κ3) is 2.51. The van der Waals surface area contributed by atoms with Crippen molar-refractivity contribution >= 4 is 23.3 Å². The molecule has 0 unspecified atom stereocenters. The number of hydrogen-bond donors (Lipinski definition) is 1. The molecule has 0 aliphatic rings. The molecule has 0 saturated carbocycles. The Balaban J connectivity index is 2.22. The summed E-state index contributed by atoms with van der Waals surface area (Å²) in [5, 5.41) is 7.09. The van der Waals surface area contributed by atoms with Gasteiger partial charge < -0.3 is 5.32 Å². The first kappa shape index (κ1) is 12.6. The van der Waals surface area contributed by atoms with Crippen molar-refractivity contribution in [1.29, 1.82) is 0 Å². The van der Waals surface area contributed by atoms with Gasteiger partial charge in [-0.3, -0.25) is 4.79 Å². The predicted octanol–water partition coefficient (Wildman–Crippen LogP) is 2.76. The molecule has 6 heteroatoms. The second-order valence-corrected chi connectivity index (χ2v) is 4.41. The number of nitrogens with zero attached hydrogens (tertiary/aromatic N) is 3. The molecule has 0 radical (unpaired) electrons. The van der Waals surface area contributed by atoms with Gasteiger partial charge in [0.2, 0.25) is 0 Å². The Morgan fingerprint density at radius 3 is 2.83 bits per heavy atom. The van der Waals surface area contributed by atoms with E-state index in [1.165, 1.54) is 6.20 Å². The Labute approximate surface area is 110 Å².